The zero-order valence-corrected chi connectivity index (χ0v) is 20.5. The number of rotatable bonds is 7. The second kappa shape index (κ2) is 10.8. The Balaban J connectivity index is 1.63. The minimum atomic E-state index is -1.20. The smallest absolute Gasteiger partial charge is 0.337 e. The number of benzene rings is 2. The number of fused-ring (bicyclic) bond motifs is 1. The molecule has 1 aliphatic rings. The molecule has 1 aromatic heterocycles. The molecule has 0 bridgehead atoms. The van der Waals surface area contributed by atoms with Crippen LogP contribution in [0.2, 0.25) is 0 Å². The van der Waals surface area contributed by atoms with E-state index in [1.165, 1.54) is 39.5 Å². The lowest BCUT2D eigenvalue weighted by atomic mass is 9.92. The summed E-state index contributed by atoms with van der Waals surface area (Å²) in [5, 5.41) is 8.01. The summed E-state index contributed by atoms with van der Waals surface area (Å²) in [6.45, 7) is 0. The molecule has 0 radical (unpaired) electrons. The van der Waals surface area contributed by atoms with Gasteiger partial charge < -0.3 is 30.2 Å². The first-order valence-corrected chi connectivity index (χ1v) is 11.2. The zero-order chi connectivity index (χ0) is 27.4. The summed E-state index contributed by atoms with van der Waals surface area (Å²) in [5.74, 6) is -3.31. The van der Waals surface area contributed by atoms with Gasteiger partial charge >= 0.3 is 11.9 Å². The van der Waals surface area contributed by atoms with Gasteiger partial charge in [0.05, 0.1) is 43.9 Å². The lowest BCUT2D eigenvalue weighted by Crippen LogP contribution is -2.36. The molecule has 0 unspecified atom stereocenters. The first-order chi connectivity index (χ1) is 18.2. The summed E-state index contributed by atoms with van der Waals surface area (Å²) in [4.78, 5) is 69.6. The third-order valence-electron chi connectivity index (χ3n) is 5.66. The SMILES string of the molecule is COC(=O)c1cc(NC(=O)[C@H]2CC(=O)Nc3nc(Nc4ccc(OC)cc4)[nH]c(=O)c32)cc(C(=O)OC)c1. The average molecular weight is 521 g/mol. The predicted octanol–water partition coefficient (Wildman–Crippen LogP) is 2.16. The lowest BCUT2D eigenvalue weighted by molar-refractivity contribution is -0.123. The quantitative estimate of drug-likeness (QED) is 0.337. The van der Waals surface area contributed by atoms with Crippen LogP contribution in [0.4, 0.5) is 23.1 Å². The average Bonchev–Trinajstić information content (AvgIpc) is 2.91. The van der Waals surface area contributed by atoms with Gasteiger partial charge in [0, 0.05) is 17.8 Å². The van der Waals surface area contributed by atoms with Gasteiger partial charge in [-0.25, -0.2) is 9.59 Å². The van der Waals surface area contributed by atoms with Crippen LogP contribution >= 0.6 is 0 Å². The molecule has 38 heavy (non-hydrogen) atoms. The van der Waals surface area contributed by atoms with E-state index in [0.29, 0.717) is 11.4 Å². The number of H-pyrrole nitrogens is 1. The molecule has 0 saturated carbocycles. The molecule has 0 aliphatic carbocycles. The number of aromatic amines is 1. The van der Waals surface area contributed by atoms with Crippen LogP contribution in [0.15, 0.2) is 47.3 Å². The van der Waals surface area contributed by atoms with Crippen molar-refractivity contribution in [2.75, 3.05) is 37.3 Å². The molecule has 3 aromatic rings. The van der Waals surface area contributed by atoms with E-state index in [1.54, 1.807) is 24.3 Å². The van der Waals surface area contributed by atoms with Crippen LogP contribution in [0.3, 0.4) is 0 Å². The van der Waals surface area contributed by atoms with Gasteiger partial charge in [-0.3, -0.25) is 19.4 Å². The maximum absolute atomic E-state index is 13.2. The fraction of sp³-hybridized carbons (Fsp3) is 0.200. The molecule has 13 nitrogen and oxygen atoms in total. The molecule has 13 heteroatoms. The van der Waals surface area contributed by atoms with Crippen LogP contribution in [-0.4, -0.2) is 55.1 Å². The third kappa shape index (κ3) is 5.46. The highest BCUT2D eigenvalue weighted by molar-refractivity contribution is 6.05. The van der Waals surface area contributed by atoms with Gasteiger partial charge in [0.15, 0.2) is 0 Å². The molecule has 0 fully saturated rings. The molecular formula is C25H23N5O8. The summed E-state index contributed by atoms with van der Waals surface area (Å²) < 4.78 is 14.5. The Morgan fingerprint density at radius 2 is 1.55 bits per heavy atom. The van der Waals surface area contributed by atoms with Crippen LogP contribution in [-0.2, 0) is 19.1 Å². The molecule has 2 amide bonds. The zero-order valence-electron chi connectivity index (χ0n) is 20.5. The Hall–Kier alpha value is -5.20. The number of carbonyl (C=O) groups is 4. The maximum Gasteiger partial charge on any atom is 0.337 e. The highest BCUT2D eigenvalue weighted by Crippen LogP contribution is 2.30. The van der Waals surface area contributed by atoms with Crippen molar-refractivity contribution >= 4 is 46.9 Å². The summed E-state index contributed by atoms with van der Waals surface area (Å²) in [5.41, 5.74) is -0.0443. The Morgan fingerprint density at radius 1 is 0.921 bits per heavy atom. The summed E-state index contributed by atoms with van der Waals surface area (Å²) >= 11 is 0. The first-order valence-electron chi connectivity index (χ1n) is 11.2. The van der Waals surface area contributed by atoms with Gasteiger partial charge in [-0.2, -0.15) is 4.98 Å². The topological polar surface area (TPSA) is 178 Å². The van der Waals surface area contributed by atoms with Crippen LogP contribution in [0.25, 0.3) is 0 Å². The monoisotopic (exact) mass is 521 g/mol. The van der Waals surface area contributed by atoms with Gasteiger partial charge in [-0.15, -0.1) is 0 Å². The van der Waals surface area contributed by atoms with Crippen molar-refractivity contribution in [2.45, 2.75) is 12.3 Å². The van der Waals surface area contributed by atoms with E-state index >= 15 is 0 Å². The van der Waals surface area contributed by atoms with E-state index in [4.69, 9.17) is 14.2 Å². The fourth-order valence-electron chi connectivity index (χ4n) is 3.87. The Bertz CT molecular complexity index is 1450. The van der Waals surface area contributed by atoms with Gasteiger partial charge in [0.2, 0.25) is 17.8 Å². The second-order valence-electron chi connectivity index (χ2n) is 8.11. The van der Waals surface area contributed by atoms with E-state index in [9.17, 15) is 24.0 Å². The molecule has 196 valence electrons. The number of nitrogens with one attached hydrogen (secondary N) is 4. The molecule has 0 saturated heterocycles. The summed E-state index contributed by atoms with van der Waals surface area (Å²) in [6.07, 6.45) is -0.324. The number of nitrogens with zero attached hydrogens (tertiary/aromatic N) is 1. The molecular weight excluding hydrogens is 498 g/mol. The molecule has 4 N–H and O–H groups in total. The molecule has 1 aliphatic heterocycles. The van der Waals surface area contributed by atoms with Crippen LogP contribution in [0, 0.1) is 0 Å². The molecule has 2 aromatic carbocycles. The number of hydrogen-bond donors (Lipinski definition) is 4. The lowest BCUT2D eigenvalue weighted by Gasteiger charge is -2.24. The van der Waals surface area contributed by atoms with E-state index in [-0.39, 0.29) is 40.6 Å². The standard InChI is InChI=1S/C25H23N5O8/c1-36-16-6-4-14(5-7-16)27-25-29-20-19(22(33)30-25)17(11-18(31)28-20)21(32)26-15-9-12(23(34)37-2)8-13(10-15)24(35)38-3/h4-10,17H,11H2,1-3H3,(H,26,32)(H3,27,28,29,30,31,33)/t17-/m0/s1. The van der Waals surface area contributed by atoms with Gasteiger partial charge in [0.25, 0.3) is 5.56 Å². The van der Waals surface area contributed by atoms with E-state index in [0.717, 1.165) is 0 Å². The largest absolute Gasteiger partial charge is 0.497 e. The Morgan fingerprint density at radius 3 is 2.13 bits per heavy atom. The van der Waals surface area contributed by atoms with Gasteiger partial charge in [-0.1, -0.05) is 0 Å². The number of ether oxygens (including phenoxy) is 3. The summed E-state index contributed by atoms with van der Waals surface area (Å²) in [6, 6.07) is 10.7. The normalized spacial score (nSPS) is 14.0. The third-order valence-corrected chi connectivity index (χ3v) is 5.66. The van der Waals surface area contributed by atoms with E-state index in [1.807, 2.05) is 0 Å². The number of carbonyl (C=O) groups excluding carboxylic acids is 4. The fourth-order valence-corrected chi connectivity index (χ4v) is 3.87. The van der Waals surface area contributed by atoms with Gasteiger partial charge in [-0.05, 0) is 42.5 Å². The van der Waals surface area contributed by atoms with E-state index in [2.05, 4.69) is 25.9 Å². The predicted molar refractivity (Wildman–Crippen MR) is 135 cm³/mol. The van der Waals surface area contributed by atoms with Crippen molar-refractivity contribution in [3.8, 4) is 5.75 Å². The van der Waals surface area contributed by atoms with Crippen LogP contribution in [0.1, 0.15) is 38.6 Å². The first kappa shape index (κ1) is 25.9. The van der Waals surface area contributed by atoms with Gasteiger partial charge in [0.1, 0.15) is 11.6 Å². The number of hydrogen-bond acceptors (Lipinski definition) is 10. The number of aromatic nitrogens is 2. The Kier molecular flexibility index (Phi) is 7.37. The van der Waals surface area contributed by atoms with Crippen LogP contribution < -0.4 is 26.2 Å². The minimum absolute atomic E-state index is 0.0127. The highest BCUT2D eigenvalue weighted by atomic mass is 16.5. The number of methoxy groups -OCH3 is 3. The van der Waals surface area contributed by atoms with Crippen molar-refractivity contribution in [1.29, 1.82) is 0 Å². The van der Waals surface area contributed by atoms with Crippen molar-refractivity contribution in [3.63, 3.8) is 0 Å². The van der Waals surface area contributed by atoms with Crippen molar-refractivity contribution in [2.24, 2.45) is 0 Å². The van der Waals surface area contributed by atoms with Crippen molar-refractivity contribution in [1.82, 2.24) is 9.97 Å². The number of esters is 2. The maximum atomic E-state index is 13.2. The molecule has 0 spiro atoms. The highest BCUT2D eigenvalue weighted by Gasteiger charge is 2.35. The number of anilines is 4. The molecule has 4 rings (SSSR count). The second-order valence-corrected chi connectivity index (χ2v) is 8.11. The Labute approximate surface area is 215 Å². The van der Waals surface area contributed by atoms with Crippen LogP contribution in [0.5, 0.6) is 5.75 Å². The minimum Gasteiger partial charge on any atom is -0.497 e. The molecule has 1 atom stereocenters. The molecule has 2 heterocycles. The van der Waals surface area contributed by atoms with Crippen molar-refractivity contribution < 1.29 is 33.4 Å². The summed E-state index contributed by atoms with van der Waals surface area (Å²) in [7, 11) is 3.87. The van der Waals surface area contributed by atoms with Crippen molar-refractivity contribution in [3.05, 3.63) is 69.5 Å². The number of amides is 2. The van der Waals surface area contributed by atoms with E-state index < -0.39 is 35.2 Å².